The van der Waals surface area contributed by atoms with E-state index in [9.17, 15) is 4.79 Å². The van der Waals surface area contributed by atoms with Crippen molar-refractivity contribution in [3.63, 3.8) is 0 Å². The minimum atomic E-state index is -0.247. The molecule has 4 heteroatoms. The van der Waals surface area contributed by atoms with Gasteiger partial charge in [-0.1, -0.05) is 24.3 Å². The van der Waals surface area contributed by atoms with Crippen molar-refractivity contribution < 1.29 is 9.53 Å². The highest BCUT2D eigenvalue weighted by atomic mass is 32.2. The molecule has 134 valence electrons. The molecule has 2 aromatic carbocycles. The molecule has 0 bridgehead atoms. The van der Waals surface area contributed by atoms with Crippen LogP contribution in [0.25, 0.3) is 0 Å². The van der Waals surface area contributed by atoms with Crippen molar-refractivity contribution in [2.75, 3.05) is 18.2 Å². The van der Waals surface area contributed by atoms with Crippen molar-refractivity contribution in [2.45, 2.75) is 30.2 Å². The summed E-state index contributed by atoms with van der Waals surface area (Å²) >= 11 is 1.76. The molecule has 0 unspecified atom stereocenters. The summed E-state index contributed by atoms with van der Waals surface area (Å²) < 4.78 is 5.16. The molecule has 4 rings (SSSR count). The number of thioether (sulfide) groups is 1. The number of hydrogen-bond acceptors (Lipinski definition) is 4. The summed E-state index contributed by atoms with van der Waals surface area (Å²) in [7, 11) is 0. The molecule has 1 N–H and O–H groups in total. The molecular formula is C22H23NO2S. The molecule has 3 atom stereocenters. The standard InChI is InChI=1S/C22H23NO2S/c1-3-25-22(24)15-9-12-20-19(13-15)17-5-4-6-18(17)21(23-20)14-7-10-16(26-2)11-8-14/h4-5,7-13,17-18,21,23H,3,6H2,1-2H3/t17-,18+,21+/m1/s1. The third kappa shape index (κ3) is 3.03. The van der Waals surface area contributed by atoms with Crippen LogP contribution in [0.4, 0.5) is 5.69 Å². The van der Waals surface area contributed by atoms with Crippen LogP contribution in [0, 0.1) is 5.92 Å². The summed E-state index contributed by atoms with van der Waals surface area (Å²) in [5.41, 5.74) is 4.27. The number of esters is 1. The van der Waals surface area contributed by atoms with Crippen LogP contribution in [0.15, 0.2) is 59.5 Å². The zero-order valence-corrected chi connectivity index (χ0v) is 15.9. The van der Waals surface area contributed by atoms with Gasteiger partial charge in [0.15, 0.2) is 0 Å². The van der Waals surface area contributed by atoms with Crippen LogP contribution in [-0.4, -0.2) is 18.8 Å². The summed E-state index contributed by atoms with van der Waals surface area (Å²) in [5, 5.41) is 3.72. The first-order valence-corrected chi connectivity index (χ1v) is 10.3. The van der Waals surface area contributed by atoms with E-state index >= 15 is 0 Å². The number of fused-ring (bicyclic) bond motifs is 3. The maximum atomic E-state index is 12.1. The molecule has 2 aromatic rings. The lowest BCUT2D eigenvalue weighted by Gasteiger charge is -2.37. The number of allylic oxidation sites excluding steroid dienone is 2. The number of anilines is 1. The van der Waals surface area contributed by atoms with Crippen molar-refractivity contribution in [3.05, 3.63) is 71.3 Å². The van der Waals surface area contributed by atoms with Gasteiger partial charge in [-0.25, -0.2) is 4.79 Å². The topological polar surface area (TPSA) is 38.3 Å². The zero-order chi connectivity index (χ0) is 18.1. The molecule has 26 heavy (non-hydrogen) atoms. The average Bonchev–Trinajstić information content (AvgIpc) is 3.17. The molecule has 2 aliphatic rings. The molecule has 1 aliphatic heterocycles. The highest BCUT2D eigenvalue weighted by molar-refractivity contribution is 7.98. The Bertz CT molecular complexity index is 844. The highest BCUT2D eigenvalue weighted by Crippen LogP contribution is 2.50. The lowest BCUT2D eigenvalue weighted by molar-refractivity contribution is 0.0526. The molecule has 3 nitrogen and oxygen atoms in total. The predicted octanol–water partition coefficient (Wildman–Crippen LogP) is 5.41. The Kier molecular flexibility index (Phi) is 4.77. The van der Waals surface area contributed by atoms with E-state index < -0.39 is 0 Å². The number of benzene rings is 2. The monoisotopic (exact) mass is 365 g/mol. The zero-order valence-electron chi connectivity index (χ0n) is 15.1. The van der Waals surface area contributed by atoms with Gasteiger partial charge in [-0.2, -0.15) is 0 Å². The van der Waals surface area contributed by atoms with Crippen molar-refractivity contribution in [2.24, 2.45) is 5.92 Å². The van der Waals surface area contributed by atoms with Crippen LogP contribution in [0.5, 0.6) is 0 Å². The normalized spacial score (nSPS) is 23.1. The maximum Gasteiger partial charge on any atom is 0.338 e. The fraction of sp³-hybridized carbons (Fsp3) is 0.318. The number of rotatable bonds is 4. The van der Waals surface area contributed by atoms with Gasteiger partial charge < -0.3 is 10.1 Å². The fourth-order valence-corrected chi connectivity index (χ4v) is 4.49. The molecule has 0 spiro atoms. The second kappa shape index (κ2) is 7.20. The molecule has 0 saturated carbocycles. The Morgan fingerprint density at radius 2 is 2.04 bits per heavy atom. The van der Waals surface area contributed by atoms with Gasteiger partial charge in [-0.05, 0) is 67.0 Å². The third-order valence-corrected chi connectivity index (χ3v) is 6.09. The van der Waals surface area contributed by atoms with Crippen molar-refractivity contribution >= 4 is 23.4 Å². The Hall–Kier alpha value is -2.20. The molecule has 1 heterocycles. The minimum Gasteiger partial charge on any atom is -0.462 e. The van der Waals surface area contributed by atoms with E-state index in [4.69, 9.17) is 4.74 Å². The Morgan fingerprint density at radius 3 is 2.77 bits per heavy atom. The molecular weight excluding hydrogens is 342 g/mol. The van der Waals surface area contributed by atoms with E-state index in [0.717, 1.165) is 12.1 Å². The van der Waals surface area contributed by atoms with E-state index in [1.54, 1.807) is 11.8 Å². The SMILES string of the molecule is CCOC(=O)c1ccc2c(c1)[C@@H]1C=CC[C@@H]1[C@H](c1ccc(SC)cc1)N2. The van der Waals surface area contributed by atoms with Crippen LogP contribution in [0.2, 0.25) is 0 Å². The highest BCUT2D eigenvalue weighted by Gasteiger charge is 2.38. The fourth-order valence-electron chi connectivity index (χ4n) is 4.08. The smallest absolute Gasteiger partial charge is 0.338 e. The maximum absolute atomic E-state index is 12.1. The number of hydrogen-bond donors (Lipinski definition) is 1. The predicted molar refractivity (Wildman–Crippen MR) is 107 cm³/mol. The van der Waals surface area contributed by atoms with Gasteiger partial charge in [0, 0.05) is 16.5 Å². The van der Waals surface area contributed by atoms with Gasteiger partial charge in [-0.15, -0.1) is 11.8 Å². The van der Waals surface area contributed by atoms with Gasteiger partial charge in [0.1, 0.15) is 0 Å². The molecule has 1 aliphatic carbocycles. The number of carbonyl (C=O) groups excluding carboxylic acids is 1. The quantitative estimate of drug-likeness (QED) is 0.446. The minimum absolute atomic E-state index is 0.247. The number of ether oxygens (including phenoxy) is 1. The van der Waals surface area contributed by atoms with Gasteiger partial charge in [0.25, 0.3) is 0 Å². The van der Waals surface area contributed by atoms with Crippen LogP contribution in [-0.2, 0) is 4.74 Å². The largest absolute Gasteiger partial charge is 0.462 e. The van der Waals surface area contributed by atoms with E-state index in [-0.39, 0.29) is 12.0 Å². The lowest BCUT2D eigenvalue weighted by atomic mass is 9.76. The van der Waals surface area contributed by atoms with Gasteiger partial charge in [0.05, 0.1) is 18.2 Å². The summed E-state index contributed by atoms with van der Waals surface area (Å²) in [6.07, 6.45) is 7.72. The van der Waals surface area contributed by atoms with Crippen LogP contribution in [0.1, 0.15) is 46.8 Å². The van der Waals surface area contributed by atoms with Crippen molar-refractivity contribution in [1.82, 2.24) is 0 Å². The summed E-state index contributed by atoms with van der Waals surface area (Å²) in [4.78, 5) is 13.4. The van der Waals surface area contributed by atoms with E-state index in [0.29, 0.717) is 24.0 Å². The second-order valence-corrected chi connectivity index (χ2v) is 7.65. The molecule has 0 radical (unpaired) electrons. The first-order valence-electron chi connectivity index (χ1n) is 9.09. The van der Waals surface area contributed by atoms with E-state index in [2.05, 4.69) is 48.0 Å². The Morgan fingerprint density at radius 1 is 1.23 bits per heavy atom. The van der Waals surface area contributed by atoms with Crippen molar-refractivity contribution in [1.29, 1.82) is 0 Å². The average molecular weight is 365 g/mol. The summed E-state index contributed by atoms with van der Waals surface area (Å²) in [6, 6.07) is 15.0. The van der Waals surface area contributed by atoms with E-state index in [1.807, 2.05) is 25.1 Å². The number of carbonyl (C=O) groups is 1. The van der Waals surface area contributed by atoms with Gasteiger partial charge in [0.2, 0.25) is 0 Å². The van der Waals surface area contributed by atoms with Crippen LogP contribution < -0.4 is 5.32 Å². The van der Waals surface area contributed by atoms with Crippen LogP contribution in [0.3, 0.4) is 0 Å². The summed E-state index contributed by atoms with van der Waals surface area (Å²) in [6.45, 7) is 2.23. The van der Waals surface area contributed by atoms with Crippen LogP contribution >= 0.6 is 11.8 Å². The van der Waals surface area contributed by atoms with E-state index in [1.165, 1.54) is 16.0 Å². The third-order valence-electron chi connectivity index (χ3n) is 5.35. The molecule has 0 fully saturated rings. The van der Waals surface area contributed by atoms with Crippen molar-refractivity contribution in [3.8, 4) is 0 Å². The first kappa shape index (κ1) is 17.2. The summed E-state index contributed by atoms with van der Waals surface area (Å²) in [5.74, 6) is 0.564. The molecule has 0 aromatic heterocycles. The van der Waals surface area contributed by atoms with Gasteiger partial charge >= 0.3 is 5.97 Å². The lowest BCUT2D eigenvalue weighted by Crippen LogP contribution is -2.29. The van der Waals surface area contributed by atoms with Gasteiger partial charge in [-0.3, -0.25) is 0 Å². The number of nitrogens with one attached hydrogen (secondary N) is 1. The molecule has 0 saturated heterocycles. The first-order chi connectivity index (χ1) is 12.7. The Balaban J connectivity index is 1.68. The Labute approximate surface area is 158 Å². The molecule has 0 amide bonds. The second-order valence-electron chi connectivity index (χ2n) is 6.77.